The summed E-state index contributed by atoms with van der Waals surface area (Å²) in [6.45, 7) is 3.64. The van der Waals surface area contributed by atoms with E-state index in [0.717, 1.165) is 19.5 Å². The lowest BCUT2D eigenvalue weighted by atomic mass is 9.85. The molecule has 0 aliphatic heterocycles. The van der Waals surface area contributed by atoms with Crippen molar-refractivity contribution in [2.24, 2.45) is 5.92 Å². The van der Waals surface area contributed by atoms with Crippen LogP contribution in [-0.2, 0) is 0 Å². The van der Waals surface area contributed by atoms with Crippen molar-refractivity contribution in [3.63, 3.8) is 0 Å². The molecule has 0 spiro atoms. The van der Waals surface area contributed by atoms with Crippen LogP contribution < -0.4 is 10.6 Å². The number of hydrogen-bond donors (Lipinski definition) is 2. The van der Waals surface area contributed by atoms with Gasteiger partial charge < -0.3 is 10.6 Å². The van der Waals surface area contributed by atoms with Crippen LogP contribution in [0.4, 0.5) is 17.3 Å². The highest BCUT2D eigenvalue weighted by Crippen LogP contribution is 2.29. The van der Waals surface area contributed by atoms with Gasteiger partial charge in [-0.05, 0) is 31.2 Å². The first-order valence-electron chi connectivity index (χ1n) is 6.84. The number of nitro groups is 1. The number of nitrogens with zero attached hydrogens (tertiary/aromatic N) is 2. The van der Waals surface area contributed by atoms with Gasteiger partial charge in [-0.2, -0.15) is 0 Å². The van der Waals surface area contributed by atoms with Crippen LogP contribution in [0.5, 0.6) is 0 Å². The molecule has 6 heteroatoms. The van der Waals surface area contributed by atoms with Crippen molar-refractivity contribution in [1.29, 1.82) is 0 Å². The van der Waals surface area contributed by atoms with Crippen LogP contribution in [0.3, 0.4) is 0 Å². The molecule has 1 fully saturated rings. The third-order valence-electron chi connectivity index (χ3n) is 3.41. The van der Waals surface area contributed by atoms with Gasteiger partial charge in [0.15, 0.2) is 0 Å². The minimum Gasteiger partial charge on any atom is -0.370 e. The summed E-state index contributed by atoms with van der Waals surface area (Å²) in [7, 11) is 0. The number of hydrogen-bond acceptors (Lipinski definition) is 5. The normalized spacial score (nSPS) is 14.8. The number of pyridine rings is 1. The molecule has 2 N–H and O–H groups in total. The Kier molecular flexibility index (Phi) is 4.54. The molecule has 0 saturated heterocycles. The molecule has 104 valence electrons. The van der Waals surface area contributed by atoms with E-state index < -0.39 is 0 Å². The molecule has 1 aliphatic rings. The summed E-state index contributed by atoms with van der Waals surface area (Å²) in [5.74, 6) is 1.69. The van der Waals surface area contributed by atoms with Crippen molar-refractivity contribution in [1.82, 2.24) is 4.98 Å². The molecule has 0 radical (unpaired) electrons. The van der Waals surface area contributed by atoms with E-state index in [1.165, 1.54) is 25.3 Å². The summed E-state index contributed by atoms with van der Waals surface area (Å²) in [5.41, 5.74) is 0.0429. The summed E-state index contributed by atoms with van der Waals surface area (Å²) >= 11 is 0. The molecule has 6 nitrogen and oxygen atoms in total. The fourth-order valence-corrected chi connectivity index (χ4v) is 2.02. The standard InChI is InChI=1S/C13H20N4O2/c1-2-8-14-12-7-6-11(17(18)19)13(16-12)15-9-10-4-3-5-10/h6-7,10H,2-5,8-9H2,1H3,(H2,14,15,16). The fourth-order valence-electron chi connectivity index (χ4n) is 2.02. The van der Waals surface area contributed by atoms with E-state index in [9.17, 15) is 10.1 Å². The van der Waals surface area contributed by atoms with Gasteiger partial charge in [0.1, 0.15) is 5.82 Å². The summed E-state index contributed by atoms with van der Waals surface area (Å²) in [4.78, 5) is 14.9. The van der Waals surface area contributed by atoms with Gasteiger partial charge in [0.25, 0.3) is 0 Å². The first-order valence-corrected chi connectivity index (χ1v) is 6.84. The maximum absolute atomic E-state index is 11.0. The summed E-state index contributed by atoms with van der Waals surface area (Å²) in [6.07, 6.45) is 4.66. The number of aromatic nitrogens is 1. The number of rotatable bonds is 7. The van der Waals surface area contributed by atoms with E-state index >= 15 is 0 Å². The van der Waals surface area contributed by atoms with Gasteiger partial charge in [-0.1, -0.05) is 13.3 Å². The van der Waals surface area contributed by atoms with Crippen LogP contribution in [0.1, 0.15) is 32.6 Å². The van der Waals surface area contributed by atoms with E-state index in [1.54, 1.807) is 6.07 Å². The molecule has 1 aromatic rings. The van der Waals surface area contributed by atoms with Crippen LogP contribution in [0.15, 0.2) is 12.1 Å². The SMILES string of the molecule is CCCNc1ccc([N+](=O)[O-])c(NCC2CCC2)n1. The fraction of sp³-hybridized carbons (Fsp3) is 0.615. The average Bonchev–Trinajstić information content (AvgIpc) is 2.34. The van der Waals surface area contributed by atoms with Crippen molar-refractivity contribution in [2.75, 3.05) is 23.7 Å². The predicted molar refractivity (Wildman–Crippen MR) is 75.5 cm³/mol. The Morgan fingerprint density at radius 2 is 2.21 bits per heavy atom. The molecular formula is C13H20N4O2. The van der Waals surface area contributed by atoms with Gasteiger partial charge in [0.2, 0.25) is 5.82 Å². The third-order valence-corrected chi connectivity index (χ3v) is 3.41. The highest BCUT2D eigenvalue weighted by Gasteiger charge is 2.20. The van der Waals surface area contributed by atoms with Crippen LogP contribution in [0, 0.1) is 16.0 Å². The first-order chi connectivity index (χ1) is 9.20. The van der Waals surface area contributed by atoms with Crippen LogP contribution in [0.2, 0.25) is 0 Å². The molecule has 0 bridgehead atoms. The molecule has 1 aliphatic carbocycles. The lowest BCUT2D eigenvalue weighted by Gasteiger charge is -2.25. The zero-order chi connectivity index (χ0) is 13.7. The minimum absolute atomic E-state index is 0.0429. The van der Waals surface area contributed by atoms with Crippen LogP contribution in [-0.4, -0.2) is 23.0 Å². The average molecular weight is 264 g/mol. The van der Waals surface area contributed by atoms with Crippen molar-refractivity contribution in [3.05, 3.63) is 22.2 Å². The quantitative estimate of drug-likeness (QED) is 0.584. The molecule has 2 rings (SSSR count). The first kappa shape index (κ1) is 13.6. The van der Waals surface area contributed by atoms with Crippen molar-refractivity contribution in [2.45, 2.75) is 32.6 Å². The van der Waals surface area contributed by atoms with E-state index in [4.69, 9.17) is 0 Å². The van der Waals surface area contributed by atoms with Crippen LogP contribution in [0.25, 0.3) is 0 Å². The van der Waals surface area contributed by atoms with Gasteiger partial charge in [0, 0.05) is 19.2 Å². The highest BCUT2D eigenvalue weighted by atomic mass is 16.6. The van der Waals surface area contributed by atoms with E-state index in [1.807, 2.05) is 0 Å². The van der Waals surface area contributed by atoms with Gasteiger partial charge in [-0.15, -0.1) is 0 Å². The summed E-state index contributed by atoms with van der Waals surface area (Å²) in [6, 6.07) is 3.16. The van der Waals surface area contributed by atoms with Gasteiger partial charge in [0.05, 0.1) is 4.92 Å². The largest absolute Gasteiger partial charge is 0.370 e. The molecule has 0 unspecified atom stereocenters. The van der Waals surface area contributed by atoms with Gasteiger partial charge >= 0.3 is 5.69 Å². The van der Waals surface area contributed by atoms with E-state index in [0.29, 0.717) is 17.6 Å². The second-order valence-electron chi connectivity index (χ2n) is 4.93. The summed E-state index contributed by atoms with van der Waals surface area (Å²) in [5, 5.41) is 17.2. The molecular weight excluding hydrogens is 244 g/mol. The Morgan fingerprint density at radius 1 is 1.42 bits per heavy atom. The van der Waals surface area contributed by atoms with Crippen molar-refractivity contribution in [3.8, 4) is 0 Å². The van der Waals surface area contributed by atoms with E-state index in [2.05, 4.69) is 22.5 Å². The Hall–Kier alpha value is -1.85. The lowest BCUT2D eigenvalue weighted by molar-refractivity contribution is -0.384. The van der Waals surface area contributed by atoms with E-state index in [-0.39, 0.29) is 10.6 Å². The molecule has 1 saturated carbocycles. The molecule has 19 heavy (non-hydrogen) atoms. The Balaban J connectivity index is 2.07. The molecule has 0 atom stereocenters. The number of anilines is 2. The topological polar surface area (TPSA) is 80.1 Å². The minimum atomic E-state index is -0.389. The summed E-state index contributed by atoms with van der Waals surface area (Å²) < 4.78 is 0. The van der Waals surface area contributed by atoms with Gasteiger partial charge in [-0.25, -0.2) is 4.98 Å². The van der Waals surface area contributed by atoms with Crippen molar-refractivity contribution >= 4 is 17.3 Å². The third kappa shape index (κ3) is 3.56. The molecule has 1 heterocycles. The molecule has 1 aromatic heterocycles. The smallest absolute Gasteiger partial charge is 0.311 e. The Morgan fingerprint density at radius 3 is 2.79 bits per heavy atom. The zero-order valence-electron chi connectivity index (χ0n) is 11.2. The second-order valence-corrected chi connectivity index (χ2v) is 4.93. The maximum atomic E-state index is 11.0. The zero-order valence-corrected chi connectivity index (χ0v) is 11.2. The highest BCUT2D eigenvalue weighted by molar-refractivity contribution is 5.60. The second kappa shape index (κ2) is 6.36. The maximum Gasteiger partial charge on any atom is 0.311 e. The lowest BCUT2D eigenvalue weighted by Crippen LogP contribution is -2.21. The van der Waals surface area contributed by atoms with Crippen molar-refractivity contribution < 1.29 is 4.92 Å². The molecule has 0 amide bonds. The Labute approximate surface area is 112 Å². The van der Waals surface area contributed by atoms with Gasteiger partial charge in [-0.3, -0.25) is 10.1 Å². The monoisotopic (exact) mass is 264 g/mol. The predicted octanol–water partition coefficient (Wildman–Crippen LogP) is 3.02. The molecule has 0 aromatic carbocycles. The Bertz CT molecular complexity index is 446. The number of nitrogens with one attached hydrogen (secondary N) is 2. The van der Waals surface area contributed by atoms with Crippen LogP contribution >= 0.6 is 0 Å².